The summed E-state index contributed by atoms with van der Waals surface area (Å²) in [5.74, 6) is -1.54. The average Bonchev–Trinajstić information content (AvgIpc) is 2.36. The van der Waals surface area contributed by atoms with Crippen LogP contribution in [0.3, 0.4) is 0 Å². The van der Waals surface area contributed by atoms with Crippen LogP contribution in [0.15, 0.2) is 18.2 Å². The monoisotopic (exact) mass is 294 g/mol. The summed E-state index contributed by atoms with van der Waals surface area (Å²) in [6, 6.07) is 2.95. The van der Waals surface area contributed by atoms with Crippen LogP contribution >= 0.6 is 0 Å². The molecule has 0 bridgehead atoms. The van der Waals surface area contributed by atoms with Crippen LogP contribution in [0.4, 0.5) is 5.69 Å². The van der Waals surface area contributed by atoms with Gasteiger partial charge >= 0.3 is 5.97 Å². The minimum atomic E-state index is -1.10. The van der Waals surface area contributed by atoms with Crippen molar-refractivity contribution in [3.05, 3.63) is 39.4 Å². The number of carbonyl (C=O) groups is 2. The first-order valence-electron chi connectivity index (χ1n) is 6.51. The van der Waals surface area contributed by atoms with Gasteiger partial charge in [-0.3, -0.25) is 14.9 Å². The molecule has 0 unspecified atom stereocenters. The number of amides is 1. The average molecular weight is 294 g/mol. The van der Waals surface area contributed by atoms with Crippen LogP contribution in [-0.2, 0) is 4.79 Å². The molecule has 1 atom stereocenters. The van der Waals surface area contributed by atoms with E-state index in [1.807, 2.05) is 13.8 Å². The maximum atomic E-state index is 12.0. The third-order valence-corrected chi connectivity index (χ3v) is 2.97. The number of nitrogens with one attached hydrogen (secondary N) is 1. The van der Waals surface area contributed by atoms with Crippen LogP contribution in [0, 0.1) is 23.0 Å². The van der Waals surface area contributed by atoms with Gasteiger partial charge in [0, 0.05) is 17.2 Å². The molecule has 1 rings (SSSR count). The highest BCUT2D eigenvalue weighted by Crippen LogP contribution is 2.19. The van der Waals surface area contributed by atoms with Crippen molar-refractivity contribution in [3.63, 3.8) is 0 Å². The first-order chi connectivity index (χ1) is 9.72. The first-order valence-corrected chi connectivity index (χ1v) is 6.51. The van der Waals surface area contributed by atoms with Crippen molar-refractivity contribution >= 4 is 17.6 Å². The largest absolute Gasteiger partial charge is 0.480 e. The van der Waals surface area contributed by atoms with Gasteiger partial charge in [-0.2, -0.15) is 0 Å². The van der Waals surface area contributed by atoms with Crippen LogP contribution in [0.2, 0.25) is 0 Å². The Morgan fingerprint density at radius 1 is 1.38 bits per heavy atom. The van der Waals surface area contributed by atoms with Crippen LogP contribution in [-0.4, -0.2) is 27.9 Å². The van der Waals surface area contributed by atoms with Gasteiger partial charge in [-0.1, -0.05) is 13.8 Å². The van der Waals surface area contributed by atoms with E-state index in [1.54, 1.807) is 0 Å². The van der Waals surface area contributed by atoms with Crippen LogP contribution in [0.1, 0.15) is 36.2 Å². The predicted octanol–water partition coefficient (Wildman–Crippen LogP) is 2.13. The van der Waals surface area contributed by atoms with Gasteiger partial charge in [0.1, 0.15) is 6.04 Å². The van der Waals surface area contributed by atoms with Crippen molar-refractivity contribution in [1.29, 1.82) is 0 Å². The van der Waals surface area contributed by atoms with Gasteiger partial charge in [-0.25, -0.2) is 4.79 Å². The van der Waals surface area contributed by atoms with Crippen molar-refractivity contribution in [2.24, 2.45) is 5.92 Å². The molecule has 0 saturated carbocycles. The smallest absolute Gasteiger partial charge is 0.326 e. The lowest BCUT2D eigenvalue weighted by Crippen LogP contribution is -2.41. The van der Waals surface area contributed by atoms with Crippen molar-refractivity contribution < 1.29 is 19.6 Å². The van der Waals surface area contributed by atoms with Gasteiger partial charge in [-0.05, 0) is 31.4 Å². The van der Waals surface area contributed by atoms with E-state index in [0.29, 0.717) is 12.0 Å². The van der Waals surface area contributed by atoms with Crippen molar-refractivity contribution in [2.75, 3.05) is 0 Å². The number of aryl methyl sites for hydroxylation is 1. The highest BCUT2D eigenvalue weighted by molar-refractivity contribution is 5.97. The van der Waals surface area contributed by atoms with Gasteiger partial charge in [0.05, 0.1) is 4.92 Å². The number of carbonyl (C=O) groups excluding carboxylic acids is 1. The Hall–Kier alpha value is -2.44. The fraction of sp³-hybridized carbons (Fsp3) is 0.429. The van der Waals surface area contributed by atoms with Crippen LogP contribution in [0.25, 0.3) is 0 Å². The molecule has 0 aliphatic rings. The molecule has 0 aromatic heterocycles. The molecule has 0 fully saturated rings. The zero-order valence-electron chi connectivity index (χ0n) is 12.1. The topological polar surface area (TPSA) is 110 Å². The van der Waals surface area contributed by atoms with Gasteiger partial charge in [0.2, 0.25) is 0 Å². The molecule has 21 heavy (non-hydrogen) atoms. The Morgan fingerprint density at radius 2 is 2.00 bits per heavy atom. The third kappa shape index (κ3) is 4.55. The highest BCUT2D eigenvalue weighted by atomic mass is 16.6. The summed E-state index contributed by atoms with van der Waals surface area (Å²) in [4.78, 5) is 33.3. The van der Waals surface area contributed by atoms with Crippen molar-refractivity contribution in [3.8, 4) is 0 Å². The molecular formula is C14H18N2O5. The standard InChI is InChI=1S/C14H18N2O5/c1-8(2)6-11(14(18)19)15-13(17)10-4-5-12(16(20)21)9(3)7-10/h4-5,7-8,11H,6H2,1-3H3,(H,15,17)(H,18,19)/t11-/m1/s1. The Morgan fingerprint density at radius 3 is 2.43 bits per heavy atom. The minimum absolute atomic E-state index is 0.0801. The molecule has 0 saturated heterocycles. The normalized spacial score (nSPS) is 12.0. The van der Waals surface area contributed by atoms with Crippen LogP contribution in [0.5, 0.6) is 0 Å². The number of nitro benzene ring substituents is 1. The molecule has 0 spiro atoms. The molecule has 0 aliphatic heterocycles. The van der Waals surface area contributed by atoms with E-state index in [-0.39, 0.29) is 17.2 Å². The number of nitrogens with zero attached hydrogens (tertiary/aromatic N) is 1. The van der Waals surface area contributed by atoms with E-state index in [1.165, 1.54) is 25.1 Å². The van der Waals surface area contributed by atoms with Crippen LogP contribution < -0.4 is 5.32 Å². The molecule has 114 valence electrons. The number of hydrogen-bond acceptors (Lipinski definition) is 4. The van der Waals surface area contributed by atoms with E-state index < -0.39 is 22.8 Å². The second-order valence-corrected chi connectivity index (χ2v) is 5.25. The van der Waals surface area contributed by atoms with Gasteiger partial charge in [-0.15, -0.1) is 0 Å². The number of carboxylic acid groups (broad SMARTS) is 1. The summed E-state index contributed by atoms with van der Waals surface area (Å²) in [6.07, 6.45) is 0.313. The second kappa shape index (κ2) is 6.83. The molecule has 0 heterocycles. The van der Waals surface area contributed by atoms with Gasteiger partial charge in [0.15, 0.2) is 0 Å². The van der Waals surface area contributed by atoms with Crippen molar-refractivity contribution in [2.45, 2.75) is 33.2 Å². The number of rotatable bonds is 6. The quantitative estimate of drug-likeness (QED) is 0.617. The summed E-state index contributed by atoms with van der Waals surface area (Å²) < 4.78 is 0. The van der Waals surface area contributed by atoms with Crippen molar-refractivity contribution in [1.82, 2.24) is 5.32 Å². The highest BCUT2D eigenvalue weighted by Gasteiger charge is 2.22. The fourth-order valence-corrected chi connectivity index (χ4v) is 1.94. The Kier molecular flexibility index (Phi) is 5.40. The summed E-state index contributed by atoms with van der Waals surface area (Å²) in [5.41, 5.74) is 0.472. The van der Waals surface area contributed by atoms with E-state index >= 15 is 0 Å². The number of carboxylic acids is 1. The Bertz CT molecular complexity index is 568. The fourth-order valence-electron chi connectivity index (χ4n) is 1.94. The maximum absolute atomic E-state index is 12.0. The van der Waals surface area contributed by atoms with E-state index in [2.05, 4.69) is 5.32 Å². The number of nitro groups is 1. The molecule has 1 aromatic carbocycles. The minimum Gasteiger partial charge on any atom is -0.480 e. The summed E-state index contributed by atoms with van der Waals surface area (Å²) >= 11 is 0. The molecular weight excluding hydrogens is 276 g/mol. The number of hydrogen-bond donors (Lipinski definition) is 2. The predicted molar refractivity (Wildman–Crippen MR) is 76.2 cm³/mol. The van der Waals surface area contributed by atoms with Gasteiger partial charge < -0.3 is 10.4 Å². The molecule has 2 N–H and O–H groups in total. The Labute approximate surface area is 122 Å². The summed E-state index contributed by atoms with van der Waals surface area (Å²) in [5, 5.41) is 22.2. The lowest BCUT2D eigenvalue weighted by atomic mass is 10.0. The third-order valence-electron chi connectivity index (χ3n) is 2.97. The molecule has 0 aliphatic carbocycles. The summed E-state index contributed by atoms with van der Waals surface area (Å²) in [7, 11) is 0. The molecule has 7 nitrogen and oxygen atoms in total. The molecule has 7 heteroatoms. The van der Waals surface area contributed by atoms with E-state index in [9.17, 15) is 19.7 Å². The Balaban J connectivity index is 2.90. The van der Waals surface area contributed by atoms with Gasteiger partial charge in [0.25, 0.3) is 11.6 Å². The van der Waals surface area contributed by atoms with E-state index in [4.69, 9.17) is 5.11 Å². The SMILES string of the molecule is Cc1cc(C(=O)N[C@H](CC(C)C)C(=O)O)ccc1[N+](=O)[O-]. The molecule has 1 aromatic rings. The van der Waals surface area contributed by atoms with E-state index in [0.717, 1.165) is 0 Å². The number of benzene rings is 1. The zero-order valence-corrected chi connectivity index (χ0v) is 12.1. The molecule has 1 amide bonds. The lowest BCUT2D eigenvalue weighted by molar-refractivity contribution is -0.385. The second-order valence-electron chi connectivity index (χ2n) is 5.25. The molecule has 0 radical (unpaired) electrons. The first kappa shape index (κ1) is 16.6. The lowest BCUT2D eigenvalue weighted by Gasteiger charge is -2.16. The number of aliphatic carboxylic acids is 1. The maximum Gasteiger partial charge on any atom is 0.326 e. The summed E-state index contributed by atoms with van der Waals surface area (Å²) in [6.45, 7) is 5.24. The zero-order chi connectivity index (χ0) is 16.2.